The fourth-order valence-corrected chi connectivity index (χ4v) is 11.0. The number of nitrogens with two attached hydrogens (primary N) is 1. The third-order valence-corrected chi connectivity index (χ3v) is 14.8. The number of halogens is 4. The fourth-order valence-electron chi connectivity index (χ4n) is 4.23. The molecule has 1 unspecified atom stereocenters. The Morgan fingerprint density at radius 1 is 1.07 bits per heavy atom. The molecular formula is C21H31BrF3NO2SSi. The molecule has 0 aliphatic carbocycles. The number of rotatable bonds is 7. The van der Waals surface area contributed by atoms with Gasteiger partial charge in [0.15, 0.2) is 0 Å². The first-order chi connectivity index (χ1) is 13.6. The largest absolute Gasteiger partial charge is 0.497 e. The van der Waals surface area contributed by atoms with E-state index in [1.165, 1.54) is 0 Å². The zero-order valence-electron chi connectivity index (χ0n) is 18.3. The Labute approximate surface area is 188 Å². The average Bonchev–Trinajstić information content (AvgIpc) is 2.59. The Balaban J connectivity index is 3.57. The van der Waals surface area contributed by atoms with E-state index in [-0.39, 0.29) is 6.42 Å². The molecule has 2 N–H and O–H groups in total. The maximum absolute atomic E-state index is 13.1. The van der Waals surface area contributed by atoms with Crippen molar-refractivity contribution in [3.63, 3.8) is 0 Å². The molecule has 0 aliphatic rings. The molecule has 0 radical (unpaired) electrons. The minimum absolute atomic E-state index is 0.358. The first kappa shape index (κ1) is 27.2. The van der Waals surface area contributed by atoms with E-state index >= 15 is 0 Å². The lowest BCUT2D eigenvalue weighted by Crippen LogP contribution is -2.43. The summed E-state index contributed by atoms with van der Waals surface area (Å²) >= 11 is 3.36. The maximum Gasteiger partial charge on any atom is 0.497 e. The second-order valence-electron chi connectivity index (χ2n) is 8.47. The quantitative estimate of drug-likeness (QED) is 0.360. The molecule has 30 heavy (non-hydrogen) atoms. The van der Waals surface area contributed by atoms with Crippen LogP contribution in [0, 0.1) is 11.5 Å². The number of benzene rings is 1. The summed E-state index contributed by atoms with van der Waals surface area (Å²) in [5, 5.41) is -1.76. The van der Waals surface area contributed by atoms with Crippen LogP contribution in [-0.4, -0.2) is 33.8 Å². The number of hydrogen-bond donors (Lipinski definition) is 1. The highest BCUT2D eigenvalue weighted by molar-refractivity contribution is 9.10. The summed E-state index contributed by atoms with van der Waals surface area (Å²) in [5.74, 6) is 3.22. The van der Waals surface area contributed by atoms with Gasteiger partial charge in [-0.15, -0.1) is 5.54 Å². The van der Waals surface area contributed by atoms with Crippen molar-refractivity contribution in [1.82, 2.24) is 0 Å². The van der Waals surface area contributed by atoms with E-state index in [4.69, 9.17) is 5.73 Å². The van der Waals surface area contributed by atoms with Gasteiger partial charge in [0.25, 0.3) is 9.84 Å². The normalized spacial score (nSPS) is 14.2. The molecule has 170 valence electrons. The topological polar surface area (TPSA) is 60.2 Å². The van der Waals surface area contributed by atoms with Crippen LogP contribution in [0.15, 0.2) is 22.7 Å². The van der Waals surface area contributed by atoms with Crippen LogP contribution in [0.5, 0.6) is 0 Å². The van der Waals surface area contributed by atoms with Crippen LogP contribution in [0.1, 0.15) is 52.7 Å². The van der Waals surface area contributed by atoms with E-state index in [2.05, 4.69) is 68.9 Å². The molecule has 0 aliphatic heterocycles. The molecule has 0 spiro atoms. The summed E-state index contributed by atoms with van der Waals surface area (Å²) in [6, 6.07) is 5.14. The molecule has 3 nitrogen and oxygen atoms in total. The maximum atomic E-state index is 13.1. The van der Waals surface area contributed by atoms with E-state index in [9.17, 15) is 21.6 Å². The van der Waals surface area contributed by atoms with Crippen molar-refractivity contribution in [1.29, 1.82) is 0 Å². The lowest BCUT2D eigenvalue weighted by molar-refractivity contribution is -0.0444. The van der Waals surface area contributed by atoms with Gasteiger partial charge in [-0.05, 0) is 40.7 Å². The van der Waals surface area contributed by atoms with Gasteiger partial charge >= 0.3 is 5.51 Å². The van der Waals surface area contributed by atoms with E-state index in [0.717, 1.165) is 0 Å². The van der Waals surface area contributed by atoms with Gasteiger partial charge in [0.05, 0.1) is 5.25 Å². The average molecular weight is 527 g/mol. The molecule has 1 aromatic carbocycles. The number of sulfone groups is 1. The van der Waals surface area contributed by atoms with Crippen molar-refractivity contribution in [2.45, 2.75) is 75.3 Å². The Morgan fingerprint density at radius 3 is 1.97 bits per heavy atom. The van der Waals surface area contributed by atoms with Crippen LogP contribution in [0.4, 0.5) is 13.2 Å². The minimum Gasteiger partial charge on any atom is -0.329 e. The van der Waals surface area contributed by atoms with Crippen molar-refractivity contribution in [2.75, 3.05) is 6.54 Å². The van der Waals surface area contributed by atoms with Crippen LogP contribution in [0.25, 0.3) is 0 Å². The second-order valence-corrected chi connectivity index (χ2v) is 17.1. The van der Waals surface area contributed by atoms with Crippen LogP contribution >= 0.6 is 15.9 Å². The fraction of sp³-hybridized carbons (Fsp3) is 0.619. The van der Waals surface area contributed by atoms with Gasteiger partial charge in [-0.3, -0.25) is 0 Å². The molecular weight excluding hydrogens is 495 g/mol. The molecule has 0 amide bonds. The molecule has 1 rings (SSSR count). The Kier molecular flexibility index (Phi) is 9.25. The van der Waals surface area contributed by atoms with Gasteiger partial charge in [-0.1, -0.05) is 69.5 Å². The predicted octanol–water partition coefficient (Wildman–Crippen LogP) is 5.82. The van der Waals surface area contributed by atoms with Crippen LogP contribution in [-0.2, 0) is 16.3 Å². The summed E-state index contributed by atoms with van der Waals surface area (Å²) in [6.07, 6.45) is -0.358. The highest BCUT2D eigenvalue weighted by Gasteiger charge is 2.50. The molecule has 1 aromatic rings. The van der Waals surface area contributed by atoms with Crippen molar-refractivity contribution < 1.29 is 21.6 Å². The lowest BCUT2D eigenvalue weighted by Gasteiger charge is -2.38. The highest BCUT2D eigenvalue weighted by Crippen LogP contribution is 2.41. The van der Waals surface area contributed by atoms with Crippen molar-refractivity contribution in [3.8, 4) is 11.5 Å². The SMILES string of the molecule is CC(C)[Si](C#Cc1cccc(Br)c1CC(CN)S(=O)(=O)C(F)(F)F)(C(C)C)C(C)C. The molecule has 0 bridgehead atoms. The predicted molar refractivity (Wildman–Crippen MR) is 124 cm³/mol. The van der Waals surface area contributed by atoms with Crippen LogP contribution < -0.4 is 5.73 Å². The lowest BCUT2D eigenvalue weighted by atomic mass is 10.0. The first-order valence-electron chi connectivity index (χ1n) is 9.93. The van der Waals surface area contributed by atoms with Gasteiger partial charge < -0.3 is 5.73 Å². The Morgan fingerprint density at radius 2 is 1.57 bits per heavy atom. The van der Waals surface area contributed by atoms with Crippen LogP contribution in [0.2, 0.25) is 16.6 Å². The Bertz CT molecular complexity index is 881. The summed E-state index contributed by atoms with van der Waals surface area (Å²) in [6.45, 7) is 12.4. The van der Waals surface area contributed by atoms with E-state index in [1.807, 2.05) is 0 Å². The molecule has 0 saturated heterocycles. The zero-order valence-corrected chi connectivity index (χ0v) is 21.7. The molecule has 0 heterocycles. The number of hydrogen-bond acceptors (Lipinski definition) is 3. The van der Waals surface area contributed by atoms with Gasteiger partial charge in [0.1, 0.15) is 8.07 Å². The zero-order chi connectivity index (χ0) is 23.5. The molecule has 1 atom stereocenters. The molecule has 0 aromatic heterocycles. The molecule has 0 fully saturated rings. The summed E-state index contributed by atoms with van der Waals surface area (Å²) in [4.78, 5) is 0. The van der Waals surface area contributed by atoms with Crippen molar-refractivity contribution in [2.24, 2.45) is 5.73 Å². The van der Waals surface area contributed by atoms with Crippen LogP contribution in [0.3, 0.4) is 0 Å². The highest BCUT2D eigenvalue weighted by atomic mass is 79.9. The van der Waals surface area contributed by atoms with Gasteiger partial charge in [-0.25, -0.2) is 8.42 Å². The smallest absolute Gasteiger partial charge is 0.329 e. The third kappa shape index (κ3) is 5.50. The third-order valence-electron chi connectivity index (χ3n) is 5.85. The van der Waals surface area contributed by atoms with Crippen molar-refractivity contribution in [3.05, 3.63) is 33.8 Å². The minimum atomic E-state index is -5.39. The van der Waals surface area contributed by atoms with E-state index in [1.54, 1.807) is 18.2 Å². The Hall–Kier alpha value is -0.823. The van der Waals surface area contributed by atoms with E-state index in [0.29, 0.717) is 32.2 Å². The monoisotopic (exact) mass is 525 g/mol. The molecule has 0 saturated carbocycles. The number of alkyl halides is 3. The van der Waals surface area contributed by atoms with Crippen molar-refractivity contribution >= 4 is 33.8 Å². The van der Waals surface area contributed by atoms with Gasteiger partial charge in [0.2, 0.25) is 0 Å². The van der Waals surface area contributed by atoms with Gasteiger partial charge in [-0.2, -0.15) is 13.2 Å². The molecule has 9 heteroatoms. The standard InChI is InChI=1S/C21H31BrF3NO2SSi/c1-14(2)30(15(3)4,16(5)6)11-10-17-8-7-9-20(22)19(17)12-18(13-26)29(27,28)21(23,24)25/h7-9,14-16,18H,12-13,26H2,1-6H3. The second kappa shape index (κ2) is 10.2. The van der Waals surface area contributed by atoms with Gasteiger partial charge in [0, 0.05) is 16.6 Å². The summed E-state index contributed by atoms with van der Waals surface area (Å²) < 4.78 is 63.6. The van der Waals surface area contributed by atoms with E-state index < -0.39 is 35.2 Å². The first-order valence-corrected chi connectivity index (χ1v) is 14.5. The summed E-state index contributed by atoms with van der Waals surface area (Å²) in [5.41, 5.74) is 5.79. The summed E-state index contributed by atoms with van der Waals surface area (Å²) in [7, 11) is -7.45.